The van der Waals surface area contributed by atoms with Crippen molar-refractivity contribution >= 4 is 29.1 Å². The van der Waals surface area contributed by atoms with Crippen LogP contribution in [-0.4, -0.2) is 22.7 Å². The molecule has 4 N–H and O–H groups in total. The third-order valence-corrected chi connectivity index (χ3v) is 4.11. The topological polar surface area (TPSA) is 114 Å². The van der Waals surface area contributed by atoms with Crippen molar-refractivity contribution in [2.45, 2.75) is 13.3 Å². The highest BCUT2D eigenvalue weighted by atomic mass is 16.2. The minimum absolute atomic E-state index is 0.0173. The van der Waals surface area contributed by atoms with Gasteiger partial charge in [-0.3, -0.25) is 14.4 Å². The number of hydrogen-bond acceptors (Lipinski definition) is 4. The maximum absolute atomic E-state index is 12.3. The Morgan fingerprint density at radius 1 is 1.12 bits per heavy atom. The van der Waals surface area contributed by atoms with Crippen LogP contribution in [0.25, 0.3) is 0 Å². The van der Waals surface area contributed by atoms with Gasteiger partial charge in [-0.1, -0.05) is 13.0 Å². The lowest BCUT2D eigenvalue weighted by Gasteiger charge is -2.08. The summed E-state index contributed by atoms with van der Waals surface area (Å²) in [5.41, 5.74) is 6.67. The van der Waals surface area contributed by atoms with E-state index in [0.29, 0.717) is 22.9 Å². The molecule has 1 aromatic carbocycles. The van der Waals surface area contributed by atoms with Crippen LogP contribution in [0.15, 0.2) is 42.6 Å². The van der Waals surface area contributed by atoms with E-state index in [1.807, 2.05) is 6.92 Å². The molecule has 1 heterocycles. The van der Waals surface area contributed by atoms with Crippen LogP contribution in [0.5, 0.6) is 0 Å². The molecule has 7 nitrogen and oxygen atoms in total. The molecule has 3 rings (SSSR count). The average Bonchev–Trinajstić information content (AvgIpc) is 3.32. The standard InChI is InChI=1S/C18H18N4O3/c1-10-7-14(10)18(25)21-12-4-2-3-11(8-12)17(24)22-13-5-6-15(16(19)23)20-9-13/h2-6,8-10,14H,7H2,1H3,(H2,19,23)(H,21,25)(H,22,24). The smallest absolute Gasteiger partial charge is 0.267 e. The summed E-state index contributed by atoms with van der Waals surface area (Å²) >= 11 is 0. The van der Waals surface area contributed by atoms with Crippen LogP contribution in [0.1, 0.15) is 34.2 Å². The third-order valence-electron chi connectivity index (χ3n) is 4.11. The first-order chi connectivity index (χ1) is 11.9. The molecule has 0 bridgehead atoms. The predicted octanol–water partition coefficient (Wildman–Crippen LogP) is 2.03. The van der Waals surface area contributed by atoms with Crippen molar-refractivity contribution in [1.82, 2.24) is 4.98 Å². The molecule has 3 amide bonds. The van der Waals surface area contributed by atoms with Gasteiger partial charge in [-0.2, -0.15) is 0 Å². The Hall–Kier alpha value is -3.22. The second-order valence-corrected chi connectivity index (χ2v) is 6.14. The summed E-state index contributed by atoms with van der Waals surface area (Å²) in [7, 11) is 0. The van der Waals surface area contributed by atoms with Crippen molar-refractivity contribution in [1.29, 1.82) is 0 Å². The van der Waals surface area contributed by atoms with E-state index in [1.54, 1.807) is 30.3 Å². The highest BCUT2D eigenvalue weighted by Gasteiger charge is 2.39. The van der Waals surface area contributed by atoms with E-state index < -0.39 is 5.91 Å². The van der Waals surface area contributed by atoms with Gasteiger partial charge in [0.15, 0.2) is 0 Å². The van der Waals surface area contributed by atoms with Gasteiger partial charge in [0, 0.05) is 17.2 Å². The number of carbonyl (C=O) groups excluding carboxylic acids is 3. The van der Waals surface area contributed by atoms with Crippen molar-refractivity contribution in [3.05, 3.63) is 53.9 Å². The lowest BCUT2D eigenvalue weighted by atomic mass is 10.1. The molecular weight excluding hydrogens is 320 g/mol. The highest BCUT2D eigenvalue weighted by Crippen LogP contribution is 2.38. The molecule has 1 saturated carbocycles. The van der Waals surface area contributed by atoms with E-state index in [4.69, 9.17) is 5.73 Å². The van der Waals surface area contributed by atoms with E-state index in [-0.39, 0.29) is 23.4 Å². The van der Waals surface area contributed by atoms with E-state index in [1.165, 1.54) is 12.3 Å². The van der Waals surface area contributed by atoms with E-state index in [2.05, 4.69) is 15.6 Å². The lowest BCUT2D eigenvalue weighted by molar-refractivity contribution is -0.117. The molecule has 1 aliphatic carbocycles. The Balaban J connectivity index is 1.66. The number of anilines is 2. The molecule has 2 aromatic rings. The molecule has 2 unspecified atom stereocenters. The molecule has 2 atom stereocenters. The molecule has 128 valence electrons. The lowest BCUT2D eigenvalue weighted by Crippen LogP contribution is -2.16. The van der Waals surface area contributed by atoms with Gasteiger partial charge in [-0.05, 0) is 42.7 Å². The van der Waals surface area contributed by atoms with Gasteiger partial charge in [-0.15, -0.1) is 0 Å². The summed E-state index contributed by atoms with van der Waals surface area (Å²) in [6.45, 7) is 2.03. The summed E-state index contributed by atoms with van der Waals surface area (Å²) in [5, 5.41) is 5.51. The first-order valence-corrected chi connectivity index (χ1v) is 7.92. The molecule has 1 fully saturated rings. The normalized spacial score (nSPS) is 18.3. The van der Waals surface area contributed by atoms with Crippen LogP contribution >= 0.6 is 0 Å². The zero-order valence-corrected chi connectivity index (χ0v) is 13.7. The van der Waals surface area contributed by atoms with Gasteiger partial charge >= 0.3 is 0 Å². The molecule has 0 saturated heterocycles. The largest absolute Gasteiger partial charge is 0.364 e. The Bertz CT molecular complexity index is 832. The van der Waals surface area contributed by atoms with Gasteiger partial charge in [0.05, 0.1) is 11.9 Å². The Kier molecular flexibility index (Phi) is 4.47. The number of pyridine rings is 1. The number of rotatable bonds is 5. The number of hydrogen-bond donors (Lipinski definition) is 3. The highest BCUT2D eigenvalue weighted by molar-refractivity contribution is 6.05. The number of carbonyl (C=O) groups is 3. The fraction of sp³-hybridized carbons (Fsp3) is 0.222. The number of benzene rings is 1. The molecule has 0 radical (unpaired) electrons. The quantitative estimate of drug-likeness (QED) is 0.774. The molecular formula is C18H18N4O3. The van der Waals surface area contributed by atoms with Crippen molar-refractivity contribution in [3.8, 4) is 0 Å². The summed E-state index contributed by atoms with van der Waals surface area (Å²) in [4.78, 5) is 39.2. The summed E-state index contributed by atoms with van der Waals surface area (Å²) < 4.78 is 0. The molecule has 1 aliphatic rings. The summed E-state index contributed by atoms with van der Waals surface area (Å²) in [6.07, 6.45) is 2.26. The number of nitrogens with two attached hydrogens (primary N) is 1. The zero-order chi connectivity index (χ0) is 18.0. The fourth-order valence-electron chi connectivity index (χ4n) is 2.48. The van der Waals surface area contributed by atoms with Gasteiger partial charge in [0.25, 0.3) is 11.8 Å². The van der Waals surface area contributed by atoms with Gasteiger partial charge in [0.2, 0.25) is 5.91 Å². The maximum atomic E-state index is 12.3. The minimum atomic E-state index is -0.633. The number of nitrogens with zero attached hydrogens (tertiary/aromatic N) is 1. The Morgan fingerprint density at radius 3 is 2.48 bits per heavy atom. The molecule has 0 aliphatic heterocycles. The second-order valence-electron chi connectivity index (χ2n) is 6.14. The summed E-state index contributed by atoms with van der Waals surface area (Å²) in [5.74, 6) is -0.512. The number of amides is 3. The van der Waals surface area contributed by atoms with Crippen LogP contribution in [0.2, 0.25) is 0 Å². The maximum Gasteiger partial charge on any atom is 0.267 e. The predicted molar refractivity (Wildman–Crippen MR) is 93.1 cm³/mol. The van der Waals surface area contributed by atoms with E-state index >= 15 is 0 Å². The van der Waals surface area contributed by atoms with Crippen LogP contribution < -0.4 is 16.4 Å². The molecule has 7 heteroatoms. The Labute approximate surface area is 144 Å². The zero-order valence-electron chi connectivity index (χ0n) is 13.7. The van der Waals surface area contributed by atoms with Crippen LogP contribution in [-0.2, 0) is 4.79 Å². The van der Waals surface area contributed by atoms with Crippen LogP contribution in [0.4, 0.5) is 11.4 Å². The Morgan fingerprint density at radius 2 is 1.88 bits per heavy atom. The molecule has 25 heavy (non-hydrogen) atoms. The van der Waals surface area contributed by atoms with Crippen molar-refractivity contribution in [2.75, 3.05) is 10.6 Å². The van der Waals surface area contributed by atoms with Crippen LogP contribution in [0.3, 0.4) is 0 Å². The monoisotopic (exact) mass is 338 g/mol. The molecule has 0 spiro atoms. The second kappa shape index (κ2) is 6.72. The van der Waals surface area contributed by atoms with Crippen molar-refractivity contribution in [3.63, 3.8) is 0 Å². The van der Waals surface area contributed by atoms with Gasteiger partial charge in [0.1, 0.15) is 5.69 Å². The molecule has 1 aromatic heterocycles. The number of nitrogens with one attached hydrogen (secondary N) is 2. The SMILES string of the molecule is CC1CC1C(=O)Nc1cccc(C(=O)Nc2ccc(C(N)=O)nc2)c1. The first-order valence-electron chi connectivity index (χ1n) is 7.92. The average molecular weight is 338 g/mol. The fourth-order valence-corrected chi connectivity index (χ4v) is 2.48. The van der Waals surface area contributed by atoms with Crippen molar-refractivity contribution < 1.29 is 14.4 Å². The number of aromatic nitrogens is 1. The summed E-state index contributed by atoms with van der Waals surface area (Å²) in [6, 6.07) is 9.69. The van der Waals surface area contributed by atoms with Crippen LogP contribution in [0, 0.1) is 11.8 Å². The minimum Gasteiger partial charge on any atom is -0.364 e. The van der Waals surface area contributed by atoms with Crippen molar-refractivity contribution in [2.24, 2.45) is 17.6 Å². The van der Waals surface area contributed by atoms with Gasteiger partial charge in [-0.25, -0.2) is 4.98 Å². The van der Waals surface area contributed by atoms with E-state index in [9.17, 15) is 14.4 Å². The number of primary amides is 1. The first kappa shape index (κ1) is 16.6. The van der Waals surface area contributed by atoms with E-state index in [0.717, 1.165) is 6.42 Å². The van der Waals surface area contributed by atoms with Gasteiger partial charge < -0.3 is 16.4 Å². The third kappa shape index (κ3) is 4.00.